The molecule has 0 rings (SSSR count). The highest BCUT2D eigenvalue weighted by Gasteiger charge is 2.21. The molecule has 7 heteroatoms. The van der Waals surface area contributed by atoms with Crippen LogP contribution in [0.4, 0.5) is 4.79 Å². The van der Waals surface area contributed by atoms with Crippen molar-refractivity contribution in [1.29, 1.82) is 0 Å². The van der Waals surface area contributed by atoms with Crippen molar-refractivity contribution >= 4 is 12.0 Å². The van der Waals surface area contributed by atoms with Crippen molar-refractivity contribution in [3.05, 3.63) is 0 Å². The van der Waals surface area contributed by atoms with E-state index in [4.69, 9.17) is 10.2 Å². The van der Waals surface area contributed by atoms with Gasteiger partial charge in [-0.05, 0) is 34.0 Å². The minimum Gasteiger partial charge on any atom is -0.480 e. The predicted molar refractivity (Wildman–Crippen MR) is 67.5 cm³/mol. The molecule has 0 aromatic carbocycles. The van der Waals surface area contributed by atoms with Gasteiger partial charge in [-0.1, -0.05) is 0 Å². The van der Waals surface area contributed by atoms with Crippen molar-refractivity contribution in [2.24, 2.45) is 0 Å². The van der Waals surface area contributed by atoms with Crippen LogP contribution >= 0.6 is 0 Å². The SMILES string of the molecule is CCN(CCCN(C)C)C(=O)N[C@H](CO)C(=O)O. The van der Waals surface area contributed by atoms with E-state index in [2.05, 4.69) is 5.32 Å². The lowest BCUT2D eigenvalue weighted by atomic mass is 10.3. The number of hydrogen-bond donors (Lipinski definition) is 3. The van der Waals surface area contributed by atoms with Crippen molar-refractivity contribution in [3.8, 4) is 0 Å². The van der Waals surface area contributed by atoms with E-state index in [-0.39, 0.29) is 0 Å². The first-order valence-corrected chi connectivity index (χ1v) is 5.96. The molecular formula is C11H23N3O4. The fraction of sp³-hybridized carbons (Fsp3) is 0.818. The zero-order chi connectivity index (χ0) is 14.1. The molecule has 106 valence electrons. The Labute approximate surface area is 107 Å². The molecule has 0 spiro atoms. The molecule has 0 unspecified atom stereocenters. The third-order valence-electron chi connectivity index (χ3n) is 2.48. The van der Waals surface area contributed by atoms with Crippen molar-refractivity contribution < 1.29 is 19.8 Å². The number of carbonyl (C=O) groups is 2. The maximum Gasteiger partial charge on any atom is 0.328 e. The molecular weight excluding hydrogens is 238 g/mol. The summed E-state index contributed by atoms with van der Waals surface area (Å²) in [6.07, 6.45) is 0.811. The number of carbonyl (C=O) groups excluding carboxylic acids is 1. The highest BCUT2D eigenvalue weighted by Crippen LogP contribution is 1.95. The van der Waals surface area contributed by atoms with Gasteiger partial charge in [0.15, 0.2) is 6.04 Å². The molecule has 3 N–H and O–H groups in total. The zero-order valence-corrected chi connectivity index (χ0v) is 11.2. The first kappa shape index (κ1) is 16.7. The van der Waals surface area contributed by atoms with Gasteiger partial charge in [0.2, 0.25) is 0 Å². The molecule has 18 heavy (non-hydrogen) atoms. The summed E-state index contributed by atoms with van der Waals surface area (Å²) in [5.74, 6) is -1.24. The molecule has 0 heterocycles. The highest BCUT2D eigenvalue weighted by atomic mass is 16.4. The number of nitrogens with one attached hydrogen (secondary N) is 1. The van der Waals surface area contributed by atoms with Crippen LogP contribution in [0.15, 0.2) is 0 Å². The molecule has 0 saturated carbocycles. The van der Waals surface area contributed by atoms with Gasteiger partial charge in [-0.25, -0.2) is 9.59 Å². The summed E-state index contributed by atoms with van der Waals surface area (Å²) in [6.45, 7) is 3.11. The fourth-order valence-electron chi connectivity index (χ4n) is 1.41. The number of urea groups is 1. The number of carboxylic acids is 1. The van der Waals surface area contributed by atoms with E-state index in [0.29, 0.717) is 13.1 Å². The summed E-state index contributed by atoms with van der Waals surface area (Å²) < 4.78 is 0. The number of rotatable bonds is 8. The van der Waals surface area contributed by atoms with Crippen LogP contribution in [0.5, 0.6) is 0 Å². The summed E-state index contributed by atoms with van der Waals surface area (Å²) in [7, 11) is 3.89. The van der Waals surface area contributed by atoms with Gasteiger partial charge in [0.05, 0.1) is 6.61 Å². The average molecular weight is 261 g/mol. The summed E-state index contributed by atoms with van der Waals surface area (Å²) in [5.41, 5.74) is 0. The second-order valence-corrected chi connectivity index (χ2v) is 4.26. The average Bonchev–Trinajstić information content (AvgIpc) is 2.30. The van der Waals surface area contributed by atoms with Gasteiger partial charge in [0.1, 0.15) is 0 Å². The molecule has 0 aliphatic carbocycles. The fourth-order valence-corrected chi connectivity index (χ4v) is 1.41. The van der Waals surface area contributed by atoms with Crippen LogP contribution in [0.2, 0.25) is 0 Å². The van der Waals surface area contributed by atoms with Gasteiger partial charge in [0, 0.05) is 13.1 Å². The minimum atomic E-state index is -1.25. The summed E-state index contributed by atoms with van der Waals surface area (Å²) in [5, 5.41) is 19.8. The lowest BCUT2D eigenvalue weighted by Gasteiger charge is -2.24. The maximum absolute atomic E-state index is 11.8. The number of nitrogens with zero attached hydrogens (tertiary/aromatic N) is 2. The third-order valence-corrected chi connectivity index (χ3v) is 2.48. The number of amides is 2. The summed E-state index contributed by atoms with van der Waals surface area (Å²) >= 11 is 0. The van der Waals surface area contributed by atoms with Crippen molar-refractivity contribution in [3.63, 3.8) is 0 Å². The van der Waals surface area contributed by atoms with Crippen LogP contribution in [0, 0.1) is 0 Å². The lowest BCUT2D eigenvalue weighted by Crippen LogP contribution is -2.49. The molecule has 7 nitrogen and oxygen atoms in total. The van der Waals surface area contributed by atoms with Crippen LogP contribution in [-0.4, -0.2) is 78.4 Å². The van der Waals surface area contributed by atoms with E-state index in [1.807, 2.05) is 25.9 Å². The Balaban J connectivity index is 4.21. The molecule has 0 radical (unpaired) electrons. The molecule has 0 saturated heterocycles. The quantitative estimate of drug-likeness (QED) is 0.543. The lowest BCUT2D eigenvalue weighted by molar-refractivity contribution is -0.140. The molecule has 2 amide bonds. The van der Waals surface area contributed by atoms with Gasteiger partial charge < -0.3 is 25.3 Å². The molecule has 0 bridgehead atoms. The van der Waals surface area contributed by atoms with E-state index in [1.165, 1.54) is 4.90 Å². The normalized spacial score (nSPS) is 12.3. The molecule has 0 aromatic rings. The van der Waals surface area contributed by atoms with Gasteiger partial charge in [0.25, 0.3) is 0 Å². The Hall–Kier alpha value is -1.34. The van der Waals surface area contributed by atoms with Crippen molar-refractivity contribution in [2.45, 2.75) is 19.4 Å². The minimum absolute atomic E-state index is 0.460. The second kappa shape index (κ2) is 8.71. The van der Waals surface area contributed by atoms with Crippen molar-refractivity contribution in [1.82, 2.24) is 15.1 Å². The van der Waals surface area contributed by atoms with Crippen LogP contribution < -0.4 is 5.32 Å². The van der Waals surface area contributed by atoms with E-state index in [1.54, 1.807) is 0 Å². The number of aliphatic hydroxyl groups is 1. The zero-order valence-electron chi connectivity index (χ0n) is 11.2. The van der Waals surface area contributed by atoms with Crippen LogP contribution in [-0.2, 0) is 4.79 Å². The molecule has 0 fully saturated rings. The van der Waals surface area contributed by atoms with E-state index in [9.17, 15) is 9.59 Å². The summed E-state index contributed by atoms with van der Waals surface area (Å²) in [4.78, 5) is 26.0. The number of carboxylic acid groups (broad SMARTS) is 1. The van der Waals surface area contributed by atoms with E-state index in [0.717, 1.165) is 13.0 Å². The largest absolute Gasteiger partial charge is 0.480 e. The Morgan fingerprint density at radius 3 is 2.28 bits per heavy atom. The van der Waals surface area contributed by atoms with Crippen molar-refractivity contribution in [2.75, 3.05) is 40.3 Å². The van der Waals surface area contributed by atoms with Gasteiger partial charge in [-0.15, -0.1) is 0 Å². The number of aliphatic hydroxyl groups excluding tert-OH is 1. The molecule has 0 aromatic heterocycles. The van der Waals surface area contributed by atoms with Gasteiger partial charge in [-0.2, -0.15) is 0 Å². The monoisotopic (exact) mass is 261 g/mol. The molecule has 0 aliphatic heterocycles. The highest BCUT2D eigenvalue weighted by molar-refractivity contribution is 5.82. The standard InChI is InChI=1S/C11H23N3O4/c1-4-14(7-5-6-13(2)3)11(18)12-9(8-15)10(16)17/h9,15H,4-8H2,1-3H3,(H,12,18)(H,16,17)/t9-/m1/s1. The number of hydrogen-bond acceptors (Lipinski definition) is 4. The Kier molecular flexibility index (Phi) is 8.06. The Bertz CT molecular complexity index is 271. The molecule has 0 aliphatic rings. The predicted octanol–water partition coefficient (Wildman–Crippen LogP) is -0.585. The topological polar surface area (TPSA) is 93.1 Å². The third kappa shape index (κ3) is 6.41. The molecule has 1 atom stereocenters. The van der Waals surface area contributed by atoms with Crippen LogP contribution in [0.25, 0.3) is 0 Å². The number of aliphatic carboxylic acids is 1. The summed E-state index contributed by atoms with van der Waals surface area (Å²) in [6, 6.07) is -1.71. The first-order valence-electron chi connectivity index (χ1n) is 5.96. The Morgan fingerprint density at radius 2 is 1.89 bits per heavy atom. The second-order valence-electron chi connectivity index (χ2n) is 4.26. The maximum atomic E-state index is 11.8. The van der Waals surface area contributed by atoms with Gasteiger partial charge >= 0.3 is 12.0 Å². The smallest absolute Gasteiger partial charge is 0.328 e. The van der Waals surface area contributed by atoms with E-state index < -0.39 is 24.6 Å². The van der Waals surface area contributed by atoms with Crippen LogP contribution in [0.3, 0.4) is 0 Å². The van der Waals surface area contributed by atoms with E-state index >= 15 is 0 Å². The first-order chi connectivity index (χ1) is 8.42. The Morgan fingerprint density at radius 1 is 1.28 bits per heavy atom. The van der Waals surface area contributed by atoms with Crippen LogP contribution in [0.1, 0.15) is 13.3 Å². The van der Waals surface area contributed by atoms with Gasteiger partial charge in [-0.3, -0.25) is 0 Å².